The molecule has 0 amide bonds. The zero-order valence-corrected chi connectivity index (χ0v) is 16.6. The molecule has 1 N–H and O–H groups in total. The van der Waals surface area contributed by atoms with Gasteiger partial charge >= 0.3 is 0 Å². The van der Waals surface area contributed by atoms with Crippen molar-refractivity contribution < 1.29 is 9.47 Å². The normalized spacial score (nSPS) is 12.0. The van der Waals surface area contributed by atoms with Crippen LogP contribution in [0.3, 0.4) is 0 Å². The quantitative estimate of drug-likeness (QED) is 0.633. The van der Waals surface area contributed by atoms with Crippen LogP contribution in [0.5, 0.6) is 5.75 Å². The minimum Gasteiger partial charge on any atom is -0.489 e. The van der Waals surface area contributed by atoms with Crippen molar-refractivity contribution in [3.63, 3.8) is 0 Å². The molecule has 1 aromatic rings. The van der Waals surface area contributed by atoms with E-state index in [-0.39, 0.29) is 5.60 Å². The lowest BCUT2D eigenvalue weighted by molar-refractivity contribution is -0.0164. The first-order chi connectivity index (χ1) is 9.69. The molecular weight excluding hydrogens is 398 g/mol. The molecule has 120 valence electrons. The van der Waals surface area contributed by atoms with Crippen molar-refractivity contribution in [3.8, 4) is 5.75 Å². The van der Waals surface area contributed by atoms with E-state index in [2.05, 4.69) is 63.2 Å². The number of halogens is 2. The first kappa shape index (κ1) is 18.9. The highest BCUT2D eigenvalue weighted by Crippen LogP contribution is 2.34. The molecule has 21 heavy (non-hydrogen) atoms. The van der Waals surface area contributed by atoms with Crippen molar-refractivity contribution in [2.45, 2.75) is 52.8 Å². The van der Waals surface area contributed by atoms with Gasteiger partial charge in [-0.05, 0) is 70.3 Å². The highest BCUT2D eigenvalue weighted by molar-refractivity contribution is 9.11. The van der Waals surface area contributed by atoms with E-state index in [0.717, 1.165) is 21.2 Å². The molecule has 0 saturated carbocycles. The first-order valence-corrected chi connectivity index (χ1v) is 8.75. The number of ether oxygens (including phenoxy) is 2. The summed E-state index contributed by atoms with van der Waals surface area (Å²) in [7, 11) is 0. The standard InChI is InChI=1S/C16H25Br2NO2/c1-11(2)19-10-12-8-13(17)15(14(18)9-12)20-6-7-21-16(3,4)5/h8-9,11,19H,6-7,10H2,1-5H3. The Kier molecular flexibility index (Phi) is 7.68. The number of nitrogens with one attached hydrogen (secondary N) is 1. The monoisotopic (exact) mass is 421 g/mol. The molecule has 1 rings (SSSR count). The molecule has 3 nitrogen and oxygen atoms in total. The van der Waals surface area contributed by atoms with Gasteiger partial charge in [-0.15, -0.1) is 0 Å². The highest BCUT2D eigenvalue weighted by Gasteiger charge is 2.12. The molecular formula is C16H25Br2NO2. The van der Waals surface area contributed by atoms with E-state index in [4.69, 9.17) is 9.47 Å². The molecule has 0 aromatic heterocycles. The lowest BCUT2D eigenvalue weighted by Gasteiger charge is -2.20. The molecule has 0 radical (unpaired) electrons. The van der Waals surface area contributed by atoms with Crippen LogP contribution in [-0.4, -0.2) is 24.9 Å². The van der Waals surface area contributed by atoms with E-state index in [9.17, 15) is 0 Å². The Labute approximate surface area is 145 Å². The Morgan fingerprint density at radius 1 is 1.10 bits per heavy atom. The Hall–Kier alpha value is -0.100. The van der Waals surface area contributed by atoms with Crippen LogP contribution in [0.1, 0.15) is 40.2 Å². The third-order valence-electron chi connectivity index (χ3n) is 2.64. The van der Waals surface area contributed by atoms with Crippen LogP contribution in [0.15, 0.2) is 21.1 Å². The Morgan fingerprint density at radius 2 is 1.67 bits per heavy atom. The average molecular weight is 423 g/mol. The number of hydrogen-bond acceptors (Lipinski definition) is 3. The summed E-state index contributed by atoms with van der Waals surface area (Å²) in [5.41, 5.74) is 1.07. The maximum absolute atomic E-state index is 5.80. The van der Waals surface area contributed by atoms with Gasteiger partial charge in [-0.2, -0.15) is 0 Å². The van der Waals surface area contributed by atoms with Crippen molar-refractivity contribution in [2.24, 2.45) is 0 Å². The van der Waals surface area contributed by atoms with Gasteiger partial charge in [-0.3, -0.25) is 0 Å². The second kappa shape index (κ2) is 8.51. The summed E-state index contributed by atoms with van der Waals surface area (Å²) in [6.45, 7) is 12.3. The Balaban J connectivity index is 2.59. The van der Waals surface area contributed by atoms with Crippen LogP contribution in [0.4, 0.5) is 0 Å². The number of benzene rings is 1. The fourth-order valence-corrected chi connectivity index (χ4v) is 3.18. The van der Waals surface area contributed by atoms with Crippen LogP contribution < -0.4 is 10.1 Å². The molecule has 0 fully saturated rings. The van der Waals surface area contributed by atoms with Gasteiger partial charge in [-0.25, -0.2) is 0 Å². The molecule has 0 aliphatic heterocycles. The van der Waals surface area contributed by atoms with E-state index in [1.165, 1.54) is 5.56 Å². The van der Waals surface area contributed by atoms with E-state index >= 15 is 0 Å². The molecule has 0 heterocycles. The molecule has 0 saturated heterocycles. The van der Waals surface area contributed by atoms with Crippen molar-refractivity contribution in [1.29, 1.82) is 0 Å². The zero-order chi connectivity index (χ0) is 16.0. The maximum atomic E-state index is 5.80. The van der Waals surface area contributed by atoms with Gasteiger partial charge in [0.15, 0.2) is 0 Å². The molecule has 1 aromatic carbocycles. The van der Waals surface area contributed by atoms with E-state index in [1.54, 1.807) is 0 Å². The predicted molar refractivity (Wildman–Crippen MR) is 95.0 cm³/mol. The molecule has 0 unspecified atom stereocenters. The second-order valence-corrected chi connectivity index (χ2v) is 7.94. The summed E-state index contributed by atoms with van der Waals surface area (Å²) < 4.78 is 13.4. The van der Waals surface area contributed by atoms with Gasteiger partial charge < -0.3 is 14.8 Å². The van der Waals surface area contributed by atoms with Gasteiger partial charge in [0.2, 0.25) is 0 Å². The molecule has 0 bridgehead atoms. The van der Waals surface area contributed by atoms with Gasteiger partial charge in [0, 0.05) is 12.6 Å². The summed E-state index contributed by atoms with van der Waals surface area (Å²) in [5, 5.41) is 3.40. The largest absolute Gasteiger partial charge is 0.489 e. The predicted octanol–water partition coefficient (Wildman–Crippen LogP) is 4.90. The third kappa shape index (κ3) is 7.63. The Bertz CT molecular complexity index is 433. The van der Waals surface area contributed by atoms with Gasteiger partial charge in [0.25, 0.3) is 0 Å². The lowest BCUT2D eigenvalue weighted by Crippen LogP contribution is -2.22. The Morgan fingerprint density at radius 3 is 2.14 bits per heavy atom. The summed E-state index contributed by atoms with van der Waals surface area (Å²) in [6, 6.07) is 4.63. The van der Waals surface area contributed by atoms with E-state index in [1.807, 2.05) is 20.8 Å². The average Bonchev–Trinajstić information content (AvgIpc) is 2.33. The van der Waals surface area contributed by atoms with E-state index in [0.29, 0.717) is 19.3 Å². The maximum Gasteiger partial charge on any atom is 0.147 e. The van der Waals surface area contributed by atoms with Crippen LogP contribution >= 0.6 is 31.9 Å². The number of hydrogen-bond donors (Lipinski definition) is 1. The van der Waals surface area contributed by atoms with Crippen LogP contribution in [-0.2, 0) is 11.3 Å². The molecule has 0 aliphatic rings. The van der Waals surface area contributed by atoms with Crippen molar-refractivity contribution in [2.75, 3.05) is 13.2 Å². The minimum absolute atomic E-state index is 0.135. The third-order valence-corrected chi connectivity index (χ3v) is 3.82. The minimum atomic E-state index is -0.135. The van der Waals surface area contributed by atoms with E-state index < -0.39 is 0 Å². The van der Waals surface area contributed by atoms with Crippen molar-refractivity contribution in [1.82, 2.24) is 5.32 Å². The SMILES string of the molecule is CC(C)NCc1cc(Br)c(OCCOC(C)(C)C)c(Br)c1. The number of rotatable bonds is 7. The molecule has 5 heteroatoms. The van der Waals surface area contributed by atoms with Crippen molar-refractivity contribution in [3.05, 3.63) is 26.6 Å². The van der Waals surface area contributed by atoms with Crippen LogP contribution in [0.2, 0.25) is 0 Å². The summed E-state index contributed by atoms with van der Waals surface area (Å²) in [4.78, 5) is 0. The summed E-state index contributed by atoms with van der Waals surface area (Å²) >= 11 is 7.15. The fraction of sp³-hybridized carbons (Fsp3) is 0.625. The van der Waals surface area contributed by atoms with Gasteiger partial charge in [-0.1, -0.05) is 13.8 Å². The summed E-state index contributed by atoms with van der Waals surface area (Å²) in [5.74, 6) is 0.820. The lowest BCUT2D eigenvalue weighted by atomic mass is 10.2. The van der Waals surface area contributed by atoms with Crippen LogP contribution in [0, 0.1) is 0 Å². The van der Waals surface area contributed by atoms with Crippen molar-refractivity contribution >= 4 is 31.9 Å². The smallest absolute Gasteiger partial charge is 0.147 e. The summed E-state index contributed by atoms with van der Waals surface area (Å²) in [6.07, 6.45) is 0. The molecule has 0 aliphatic carbocycles. The highest BCUT2D eigenvalue weighted by atomic mass is 79.9. The van der Waals surface area contributed by atoms with Gasteiger partial charge in [0.1, 0.15) is 12.4 Å². The molecule has 0 atom stereocenters. The zero-order valence-electron chi connectivity index (χ0n) is 13.4. The molecule has 0 spiro atoms. The van der Waals surface area contributed by atoms with Gasteiger partial charge in [0.05, 0.1) is 21.2 Å². The fourth-order valence-electron chi connectivity index (χ4n) is 1.67. The van der Waals surface area contributed by atoms with Crippen LogP contribution in [0.25, 0.3) is 0 Å². The second-order valence-electron chi connectivity index (χ2n) is 6.23. The first-order valence-electron chi connectivity index (χ1n) is 7.17. The topological polar surface area (TPSA) is 30.5 Å².